The summed E-state index contributed by atoms with van der Waals surface area (Å²) in [4.78, 5) is 14.0. The van der Waals surface area contributed by atoms with E-state index in [1.54, 1.807) is 0 Å². The van der Waals surface area contributed by atoms with Crippen molar-refractivity contribution in [3.8, 4) is 22.8 Å². The zero-order valence-electron chi connectivity index (χ0n) is 22.1. The number of rotatable bonds is 14. The molecule has 0 spiro atoms. The Hall–Kier alpha value is -2.26. The highest BCUT2D eigenvalue weighted by molar-refractivity contribution is 6.28. The van der Waals surface area contributed by atoms with E-state index >= 15 is 0 Å². The average Bonchev–Trinajstić information content (AvgIpc) is 2.89. The summed E-state index contributed by atoms with van der Waals surface area (Å²) in [6.45, 7) is 9.17. The van der Waals surface area contributed by atoms with E-state index in [1.807, 2.05) is 0 Å². The van der Waals surface area contributed by atoms with Gasteiger partial charge in [0.1, 0.15) is 0 Å². The third-order valence-corrected chi connectivity index (χ3v) is 7.72. The molecule has 0 atom stereocenters. The van der Waals surface area contributed by atoms with Gasteiger partial charge in [-0.05, 0) is 60.2 Å². The molecule has 0 amide bonds. The Balaban J connectivity index is 1.85. The lowest BCUT2D eigenvalue weighted by atomic mass is 9.93. The van der Waals surface area contributed by atoms with Gasteiger partial charge in [-0.25, -0.2) is 4.98 Å². The zero-order valence-corrected chi connectivity index (χ0v) is 22.8. The Bertz CT molecular complexity index is 961. The molecule has 0 radical (unpaired) electrons. The van der Waals surface area contributed by atoms with Gasteiger partial charge in [0, 0.05) is 11.1 Å². The molecule has 0 fully saturated rings. The van der Waals surface area contributed by atoms with Crippen LogP contribution in [-0.2, 0) is 12.8 Å². The summed E-state index contributed by atoms with van der Waals surface area (Å²) < 4.78 is 0. The van der Waals surface area contributed by atoms with Crippen molar-refractivity contribution in [2.45, 2.75) is 91.9 Å². The van der Waals surface area contributed by atoms with Crippen molar-refractivity contribution < 1.29 is 0 Å². The van der Waals surface area contributed by atoms with Crippen LogP contribution in [0.4, 0.5) is 0 Å². The first-order chi connectivity index (χ1) is 17.1. The van der Waals surface area contributed by atoms with E-state index in [4.69, 9.17) is 16.6 Å². The second-order valence-corrected chi connectivity index (χ2v) is 10.1. The number of hydrogen-bond donors (Lipinski definition) is 0. The average molecular weight is 492 g/mol. The number of aromatic nitrogens is 3. The largest absolute Gasteiger partial charge is 0.226 e. The van der Waals surface area contributed by atoms with Gasteiger partial charge >= 0.3 is 0 Å². The maximum Gasteiger partial charge on any atom is 0.226 e. The van der Waals surface area contributed by atoms with Crippen LogP contribution in [0, 0.1) is 11.8 Å². The van der Waals surface area contributed by atoms with Gasteiger partial charge in [0.2, 0.25) is 5.28 Å². The molecule has 0 saturated heterocycles. The second kappa shape index (κ2) is 14.3. The Morgan fingerprint density at radius 1 is 0.600 bits per heavy atom. The van der Waals surface area contributed by atoms with Gasteiger partial charge in [-0.15, -0.1) is 0 Å². The van der Waals surface area contributed by atoms with Crippen LogP contribution in [0.5, 0.6) is 0 Å². The lowest BCUT2D eigenvalue weighted by Gasteiger charge is -2.14. The van der Waals surface area contributed by atoms with Crippen molar-refractivity contribution in [3.05, 3.63) is 64.9 Å². The van der Waals surface area contributed by atoms with Crippen molar-refractivity contribution >= 4 is 11.6 Å². The smallest absolute Gasteiger partial charge is 0.208 e. The predicted molar refractivity (Wildman–Crippen MR) is 150 cm³/mol. The summed E-state index contributed by atoms with van der Waals surface area (Å²) >= 11 is 6.46. The van der Waals surface area contributed by atoms with Crippen molar-refractivity contribution in [1.29, 1.82) is 0 Å². The van der Waals surface area contributed by atoms with Crippen LogP contribution in [0.3, 0.4) is 0 Å². The molecule has 0 unspecified atom stereocenters. The Labute approximate surface area is 217 Å². The molecule has 0 N–H and O–H groups in total. The number of nitrogens with zero attached hydrogens (tertiary/aromatic N) is 3. The minimum atomic E-state index is 0.253. The van der Waals surface area contributed by atoms with Gasteiger partial charge in [0.25, 0.3) is 0 Å². The van der Waals surface area contributed by atoms with Gasteiger partial charge in [0.05, 0.1) is 0 Å². The third kappa shape index (κ3) is 7.87. The molecule has 0 bridgehead atoms. The van der Waals surface area contributed by atoms with Crippen LogP contribution < -0.4 is 0 Å². The second-order valence-electron chi connectivity index (χ2n) is 9.72. The molecule has 3 nitrogen and oxygen atoms in total. The van der Waals surface area contributed by atoms with Crippen LogP contribution in [0.2, 0.25) is 5.28 Å². The number of aryl methyl sites for hydroxylation is 2. The molecule has 0 aliphatic heterocycles. The first-order valence-electron chi connectivity index (χ1n) is 13.7. The lowest BCUT2D eigenvalue weighted by Crippen LogP contribution is -2.03. The summed E-state index contributed by atoms with van der Waals surface area (Å²) in [6, 6.07) is 17.0. The number of benzene rings is 2. The van der Waals surface area contributed by atoms with Gasteiger partial charge < -0.3 is 0 Å². The van der Waals surface area contributed by atoms with E-state index in [0.717, 1.165) is 35.8 Å². The van der Waals surface area contributed by atoms with Crippen LogP contribution >= 0.6 is 11.6 Å². The molecule has 1 aromatic heterocycles. The fraction of sp³-hybridized carbons (Fsp3) is 0.516. The Morgan fingerprint density at radius 2 is 1.00 bits per heavy atom. The highest BCUT2D eigenvalue weighted by atomic mass is 35.5. The van der Waals surface area contributed by atoms with Crippen molar-refractivity contribution in [3.63, 3.8) is 0 Å². The quantitative estimate of drug-likeness (QED) is 0.225. The maximum atomic E-state index is 6.46. The van der Waals surface area contributed by atoms with Crippen molar-refractivity contribution in [2.75, 3.05) is 0 Å². The molecule has 1 heterocycles. The first kappa shape index (κ1) is 27.3. The number of halogens is 1. The normalized spacial score (nSPS) is 11.5. The first-order valence-corrected chi connectivity index (χ1v) is 14.0. The van der Waals surface area contributed by atoms with Gasteiger partial charge in [-0.2, -0.15) is 9.97 Å². The Kier molecular flexibility index (Phi) is 11.2. The fourth-order valence-electron chi connectivity index (χ4n) is 5.06. The molecular formula is C31H42ClN3. The highest BCUT2D eigenvalue weighted by Gasteiger charge is 2.15. The summed E-state index contributed by atoms with van der Waals surface area (Å²) in [5.74, 6) is 2.96. The van der Waals surface area contributed by atoms with E-state index in [1.165, 1.54) is 62.5 Å². The van der Waals surface area contributed by atoms with Gasteiger partial charge in [-0.3, -0.25) is 0 Å². The van der Waals surface area contributed by atoms with Crippen molar-refractivity contribution in [1.82, 2.24) is 15.0 Å². The molecule has 188 valence electrons. The van der Waals surface area contributed by atoms with Crippen molar-refractivity contribution in [2.24, 2.45) is 11.8 Å². The Morgan fingerprint density at radius 3 is 1.40 bits per heavy atom. The lowest BCUT2D eigenvalue weighted by molar-refractivity contribution is 0.441. The molecule has 3 aromatic rings. The molecule has 4 heteroatoms. The molecule has 3 rings (SSSR count). The van der Waals surface area contributed by atoms with E-state index < -0.39 is 0 Å². The SMILES string of the molecule is CCC(CC)CCCc1ccccc1-c1nc(Cl)nc(-c2ccccc2CCCC(CC)CC)n1. The molecule has 0 saturated carbocycles. The summed E-state index contributed by atoms with van der Waals surface area (Å²) in [5, 5.41) is 0.253. The standard InChI is InChI=1S/C31H42ClN3/c1-5-23(6-2)15-13-19-25-17-9-11-21-27(25)29-33-30(35-31(32)34-29)28-22-12-10-18-26(28)20-14-16-24(7-3)8-4/h9-12,17-18,21-24H,5-8,13-16,19-20H2,1-4H3. The molecule has 0 aliphatic rings. The van der Waals surface area contributed by atoms with Crippen LogP contribution in [0.1, 0.15) is 90.2 Å². The van der Waals surface area contributed by atoms with Crippen LogP contribution in [-0.4, -0.2) is 15.0 Å². The molecule has 0 aliphatic carbocycles. The van der Waals surface area contributed by atoms with Crippen LogP contribution in [0.15, 0.2) is 48.5 Å². The highest BCUT2D eigenvalue weighted by Crippen LogP contribution is 2.29. The molecule has 2 aromatic carbocycles. The maximum absolute atomic E-state index is 6.46. The molecule has 35 heavy (non-hydrogen) atoms. The van der Waals surface area contributed by atoms with Gasteiger partial charge in [0.15, 0.2) is 11.6 Å². The monoisotopic (exact) mass is 491 g/mol. The third-order valence-electron chi connectivity index (χ3n) is 7.55. The van der Waals surface area contributed by atoms with E-state index in [9.17, 15) is 0 Å². The van der Waals surface area contributed by atoms with Crippen LogP contribution in [0.25, 0.3) is 22.8 Å². The summed E-state index contributed by atoms with van der Waals surface area (Å²) in [7, 11) is 0. The van der Waals surface area contributed by atoms with Gasteiger partial charge in [-0.1, -0.05) is 115 Å². The zero-order chi connectivity index (χ0) is 25.0. The minimum Gasteiger partial charge on any atom is -0.208 e. The molecular weight excluding hydrogens is 450 g/mol. The summed E-state index contributed by atoms with van der Waals surface area (Å²) in [5.41, 5.74) is 4.69. The van der Waals surface area contributed by atoms with E-state index in [0.29, 0.717) is 11.6 Å². The summed E-state index contributed by atoms with van der Waals surface area (Å²) in [6.07, 6.45) is 11.9. The minimum absolute atomic E-state index is 0.253. The fourth-order valence-corrected chi connectivity index (χ4v) is 5.22. The van der Waals surface area contributed by atoms with E-state index in [-0.39, 0.29) is 5.28 Å². The topological polar surface area (TPSA) is 38.7 Å². The van der Waals surface area contributed by atoms with E-state index in [2.05, 4.69) is 86.2 Å². The number of hydrogen-bond acceptors (Lipinski definition) is 3. The predicted octanol–water partition coefficient (Wildman–Crippen LogP) is 9.38.